The lowest BCUT2D eigenvalue weighted by Crippen LogP contribution is -2.31. The topological polar surface area (TPSA) is 20.2 Å². The Bertz CT molecular complexity index is 452. The van der Waals surface area contributed by atoms with E-state index in [1.165, 1.54) is 18.4 Å². The number of rotatable bonds is 0. The van der Waals surface area contributed by atoms with Crippen molar-refractivity contribution < 1.29 is 5.11 Å². The molecule has 1 N–H and O–H groups in total. The Balaban J connectivity index is 2.14. The summed E-state index contributed by atoms with van der Waals surface area (Å²) in [6.07, 6.45) is 3.33. The summed E-state index contributed by atoms with van der Waals surface area (Å²) >= 11 is 6.11. The van der Waals surface area contributed by atoms with Gasteiger partial charge in [0.25, 0.3) is 0 Å². The molecule has 3 rings (SSSR count). The standard InChI is InChI=1S/C15H19ClO/c1-15(2)7-3-4-11-13(15)12-8-9(16)5-6-10(12)14(11)17/h5-6,8,11,13-14,17H,3-4,7H2,1-2H3/t11-,13+,14+/m0/s1. The molecule has 2 aliphatic carbocycles. The molecule has 0 bridgehead atoms. The SMILES string of the molecule is CC1(C)CCC[C@@H]2[C@H](O)c3ccc(Cl)cc3[C@@H]21. The molecule has 0 amide bonds. The van der Waals surface area contributed by atoms with E-state index in [1.54, 1.807) is 0 Å². The molecular weight excluding hydrogens is 232 g/mol. The third kappa shape index (κ3) is 1.63. The van der Waals surface area contributed by atoms with Crippen LogP contribution in [0.15, 0.2) is 18.2 Å². The minimum Gasteiger partial charge on any atom is -0.388 e. The number of hydrogen-bond acceptors (Lipinski definition) is 1. The summed E-state index contributed by atoms with van der Waals surface area (Å²) in [5.41, 5.74) is 2.68. The van der Waals surface area contributed by atoms with Crippen molar-refractivity contribution in [3.05, 3.63) is 34.3 Å². The summed E-state index contributed by atoms with van der Waals surface area (Å²) in [6.45, 7) is 4.65. The van der Waals surface area contributed by atoms with Gasteiger partial charge in [-0.25, -0.2) is 0 Å². The third-order valence-electron chi connectivity index (χ3n) is 4.74. The molecule has 17 heavy (non-hydrogen) atoms. The van der Waals surface area contributed by atoms with Crippen LogP contribution in [0.1, 0.15) is 56.3 Å². The number of halogens is 1. The molecule has 0 unspecified atom stereocenters. The maximum absolute atomic E-state index is 10.5. The first-order chi connectivity index (χ1) is 8.00. The van der Waals surface area contributed by atoms with E-state index in [0.717, 1.165) is 17.0 Å². The fourth-order valence-corrected chi connectivity index (χ4v) is 4.18. The first-order valence-electron chi connectivity index (χ1n) is 6.48. The molecule has 92 valence electrons. The lowest BCUT2D eigenvalue weighted by Gasteiger charge is -2.41. The van der Waals surface area contributed by atoms with Gasteiger partial charge in [0.05, 0.1) is 6.10 Å². The van der Waals surface area contributed by atoms with Gasteiger partial charge in [0.1, 0.15) is 0 Å². The monoisotopic (exact) mass is 250 g/mol. The first-order valence-corrected chi connectivity index (χ1v) is 6.86. The van der Waals surface area contributed by atoms with Crippen molar-refractivity contribution in [2.45, 2.75) is 45.1 Å². The molecule has 0 aliphatic heterocycles. The number of aliphatic hydroxyl groups excluding tert-OH is 1. The van der Waals surface area contributed by atoms with E-state index in [9.17, 15) is 5.11 Å². The Morgan fingerprint density at radius 3 is 2.82 bits per heavy atom. The van der Waals surface area contributed by atoms with Crippen molar-refractivity contribution in [2.24, 2.45) is 11.3 Å². The zero-order chi connectivity index (χ0) is 12.2. The van der Waals surface area contributed by atoms with Gasteiger partial charge in [0.15, 0.2) is 0 Å². The zero-order valence-electron chi connectivity index (χ0n) is 10.4. The predicted molar refractivity (Wildman–Crippen MR) is 70.3 cm³/mol. The first kappa shape index (κ1) is 11.6. The van der Waals surface area contributed by atoms with Gasteiger partial charge in [0, 0.05) is 5.02 Å². The van der Waals surface area contributed by atoms with Crippen LogP contribution in [-0.2, 0) is 0 Å². The lowest BCUT2D eigenvalue weighted by molar-refractivity contribution is 0.0445. The number of hydrogen-bond donors (Lipinski definition) is 1. The zero-order valence-corrected chi connectivity index (χ0v) is 11.2. The van der Waals surface area contributed by atoms with Crippen LogP contribution >= 0.6 is 11.6 Å². The van der Waals surface area contributed by atoms with Crippen LogP contribution in [0.3, 0.4) is 0 Å². The van der Waals surface area contributed by atoms with Gasteiger partial charge in [0.2, 0.25) is 0 Å². The van der Waals surface area contributed by atoms with Gasteiger partial charge >= 0.3 is 0 Å². The molecule has 0 aromatic heterocycles. The average Bonchev–Trinajstić information content (AvgIpc) is 2.53. The predicted octanol–water partition coefficient (Wildman–Crippen LogP) is 4.30. The fourth-order valence-electron chi connectivity index (χ4n) is 4.00. The van der Waals surface area contributed by atoms with Gasteiger partial charge in [-0.2, -0.15) is 0 Å². The highest BCUT2D eigenvalue weighted by molar-refractivity contribution is 6.30. The van der Waals surface area contributed by atoms with Gasteiger partial charge in [-0.1, -0.05) is 37.9 Å². The molecule has 2 aliphatic rings. The van der Waals surface area contributed by atoms with Gasteiger partial charge in [-0.3, -0.25) is 0 Å². The summed E-state index contributed by atoms with van der Waals surface area (Å²) < 4.78 is 0. The Labute approximate surface area is 108 Å². The molecule has 1 aromatic carbocycles. The van der Waals surface area contributed by atoms with E-state index in [-0.39, 0.29) is 11.5 Å². The van der Waals surface area contributed by atoms with Crippen LogP contribution in [0.4, 0.5) is 0 Å². The molecular formula is C15H19ClO. The minimum absolute atomic E-state index is 0.278. The summed E-state index contributed by atoms with van der Waals surface area (Å²) in [6, 6.07) is 5.97. The summed E-state index contributed by atoms with van der Waals surface area (Å²) in [5, 5.41) is 11.2. The smallest absolute Gasteiger partial charge is 0.0827 e. The second kappa shape index (κ2) is 3.73. The van der Waals surface area contributed by atoms with E-state index in [2.05, 4.69) is 19.9 Å². The maximum atomic E-state index is 10.5. The van der Waals surface area contributed by atoms with Crippen LogP contribution in [-0.4, -0.2) is 5.11 Å². The molecule has 0 radical (unpaired) electrons. The van der Waals surface area contributed by atoms with Gasteiger partial charge < -0.3 is 5.11 Å². The third-order valence-corrected chi connectivity index (χ3v) is 4.97. The average molecular weight is 251 g/mol. The number of benzene rings is 1. The molecule has 1 fully saturated rings. The lowest BCUT2D eigenvalue weighted by atomic mass is 9.63. The van der Waals surface area contributed by atoms with Crippen molar-refractivity contribution in [3.8, 4) is 0 Å². The Hall–Kier alpha value is -0.530. The highest BCUT2D eigenvalue weighted by atomic mass is 35.5. The van der Waals surface area contributed by atoms with Crippen molar-refractivity contribution in [1.82, 2.24) is 0 Å². The van der Waals surface area contributed by atoms with Crippen LogP contribution in [0, 0.1) is 11.3 Å². The second-order valence-electron chi connectivity index (χ2n) is 6.24. The van der Waals surface area contributed by atoms with E-state index in [0.29, 0.717) is 11.8 Å². The van der Waals surface area contributed by atoms with E-state index in [4.69, 9.17) is 11.6 Å². The largest absolute Gasteiger partial charge is 0.388 e. The van der Waals surface area contributed by atoms with Crippen molar-refractivity contribution >= 4 is 11.6 Å². The van der Waals surface area contributed by atoms with Crippen molar-refractivity contribution in [3.63, 3.8) is 0 Å². The fraction of sp³-hybridized carbons (Fsp3) is 0.600. The molecule has 0 heterocycles. The van der Waals surface area contributed by atoms with Crippen molar-refractivity contribution in [1.29, 1.82) is 0 Å². The number of fused-ring (bicyclic) bond motifs is 3. The van der Waals surface area contributed by atoms with E-state index >= 15 is 0 Å². The minimum atomic E-state index is -0.285. The van der Waals surface area contributed by atoms with E-state index in [1.807, 2.05) is 12.1 Å². The van der Waals surface area contributed by atoms with Crippen molar-refractivity contribution in [2.75, 3.05) is 0 Å². The van der Waals surface area contributed by atoms with E-state index < -0.39 is 0 Å². The summed E-state index contributed by atoms with van der Waals surface area (Å²) in [5.74, 6) is 0.868. The quantitative estimate of drug-likeness (QED) is 0.728. The Kier molecular flexibility index (Phi) is 2.53. The van der Waals surface area contributed by atoms with Crippen LogP contribution < -0.4 is 0 Å². The Morgan fingerprint density at radius 1 is 1.29 bits per heavy atom. The second-order valence-corrected chi connectivity index (χ2v) is 6.68. The molecule has 2 heteroatoms. The maximum Gasteiger partial charge on any atom is 0.0827 e. The highest BCUT2D eigenvalue weighted by Gasteiger charge is 2.48. The van der Waals surface area contributed by atoms with Crippen LogP contribution in [0.25, 0.3) is 0 Å². The summed E-state index contributed by atoms with van der Waals surface area (Å²) in [4.78, 5) is 0. The van der Waals surface area contributed by atoms with Gasteiger partial charge in [-0.15, -0.1) is 0 Å². The molecule has 1 nitrogen and oxygen atoms in total. The molecule has 1 saturated carbocycles. The normalized spacial score (nSPS) is 34.2. The molecule has 3 atom stereocenters. The van der Waals surface area contributed by atoms with Crippen LogP contribution in [0.2, 0.25) is 5.02 Å². The molecule has 1 aromatic rings. The van der Waals surface area contributed by atoms with Crippen LogP contribution in [0.5, 0.6) is 0 Å². The molecule has 0 saturated heterocycles. The highest BCUT2D eigenvalue weighted by Crippen LogP contribution is 2.59. The summed E-state index contributed by atoms with van der Waals surface area (Å²) in [7, 11) is 0. The molecule has 0 spiro atoms. The van der Waals surface area contributed by atoms with Gasteiger partial charge in [-0.05, 0) is 53.4 Å². The number of aliphatic hydroxyl groups is 1. The Morgan fingerprint density at radius 2 is 2.06 bits per heavy atom.